The van der Waals surface area contributed by atoms with Gasteiger partial charge in [0.2, 0.25) is 0 Å². The minimum atomic E-state index is 0.277. The Hall–Kier alpha value is -0.120. The molecule has 2 aliphatic heterocycles. The Morgan fingerprint density at radius 3 is 2.52 bits per heavy atom. The number of unbranched alkanes of at least 4 members (excludes halogenated alkanes) is 3. The molecule has 2 rings (SSSR count). The van der Waals surface area contributed by atoms with E-state index in [9.17, 15) is 0 Å². The molecule has 0 aromatic rings. The van der Waals surface area contributed by atoms with Crippen molar-refractivity contribution in [2.75, 3.05) is 39.3 Å². The lowest BCUT2D eigenvalue weighted by Gasteiger charge is -2.25. The summed E-state index contributed by atoms with van der Waals surface area (Å²) in [5, 5.41) is 3.58. The van der Waals surface area contributed by atoms with Crippen molar-refractivity contribution in [2.24, 2.45) is 0 Å². The fourth-order valence-electron chi connectivity index (χ4n) is 3.76. The van der Waals surface area contributed by atoms with Gasteiger partial charge in [0.1, 0.15) is 0 Å². The predicted molar refractivity (Wildman–Crippen MR) is 91.9 cm³/mol. The maximum Gasteiger partial charge on any atom is 0.0223 e. The molecule has 1 unspecified atom stereocenters. The molecular formula is C18H37N3. The van der Waals surface area contributed by atoms with Crippen LogP contribution in [0.5, 0.6) is 0 Å². The summed E-state index contributed by atoms with van der Waals surface area (Å²) in [5.41, 5.74) is 0.277. The van der Waals surface area contributed by atoms with Gasteiger partial charge in [-0.2, -0.15) is 0 Å². The SMILES string of the molecule is CC(C)(C)NCCCCCCN1CCCN2CCCC2C1. The Morgan fingerprint density at radius 2 is 1.71 bits per heavy atom. The third-order valence-electron chi connectivity index (χ3n) is 4.94. The van der Waals surface area contributed by atoms with E-state index in [4.69, 9.17) is 0 Å². The van der Waals surface area contributed by atoms with E-state index in [1.54, 1.807) is 0 Å². The average molecular weight is 296 g/mol. The van der Waals surface area contributed by atoms with Crippen molar-refractivity contribution in [1.29, 1.82) is 0 Å². The zero-order chi connectivity index (χ0) is 15.1. The van der Waals surface area contributed by atoms with Gasteiger partial charge >= 0.3 is 0 Å². The summed E-state index contributed by atoms with van der Waals surface area (Å²) >= 11 is 0. The first-order chi connectivity index (χ1) is 10.0. The molecule has 0 radical (unpaired) electrons. The second kappa shape index (κ2) is 8.50. The summed E-state index contributed by atoms with van der Waals surface area (Å²) in [6.07, 6.45) is 9.75. The van der Waals surface area contributed by atoms with Crippen molar-refractivity contribution in [3.8, 4) is 0 Å². The Bertz CT molecular complexity index is 285. The van der Waals surface area contributed by atoms with Crippen LogP contribution in [0.3, 0.4) is 0 Å². The highest BCUT2D eigenvalue weighted by Gasteiger charge is 2.28. The first-order valence-electron chi connectivity index (χ1n) is 9.26. The smallest absolute Gasteiger partial charge is 0.0223 e. The Morgan fingerprint density at radius 1 is 0.952 bits per heavy atom. The van der Waals surface area contributed by atoms with Crippen LogP contribution in [0, 0.1) is 0 Å². The fraction of sp³-hybridized carbons (Fsp3) is 1.00. The lowest BCUT2D eigenvalue weighted by molar-refractivity contribution is 0.217. The first-order valence-corrected chi connectivity index (χ1v) is 9.26. The summed E-state index contributed by atoms with van der Waals surface area (Å²) in [6.45, 7) is 14.6. The average Bonchev–Trinajstić information content (AvgIpc) is 2.75. The number of fused-ring (bicyclic) bond motifs is 1. The number of nitrogens with zero attached hydrogens (tertiary/aromatic N) is 2. The normalized spacial score (nSPS) is 25.0. The minimum absolute atomic E-state index is 0.277. The Balaban J connectivity index is 1.50. The molecule has 0 aromatic carbocycles. The molecule has 0 spiro atoms. The molecule has 3 nitrogen and oxygen atoms in total. The quantitative estimate of drug-likeness (QED) is 0.728. The molecule has 0 aliphatic carbocycles. The zero-order valence-corrected chi connectivity index (χ0v) is 14.7. The largest absolute Gasteiger partial charge is 0.312 e. The minimum Gasteiger partial charge on any atom is -0.312 e. The van der Waals surface area contributed by atoms with E-state index in [0.29, 0.717) is 0 Å². The van der Waals surface area contributed by atoms with Gasteiger partial charge in [0.25, 0.3) is 0 Å². The summed E-state index contributed by atoms with van der Waals surface area (Å²) < 4.78 is 0. The van der Waals surface area contributed by atoms with E-state index >= 15 is 0 Å². The van der Waals surface area contributed by atoms with Crippen molar-refractivity contribution in [2.45, 2.75) is 77.3 Å². The van der Waals surface area contributed by atoms with Crippen molar-refractivity contribution in [3.63, 3.8) is 0 Å². The van der Waals surface area contributed by atoms with Crippen LogP contribution in [0.2, 0.25) is 0 Å². The molecule has 2 aliphatic rings. The number of hydrogen-bond acceptors (Lipinski definition) is 3. The van der Waals surface area contributed by atoms with E-state index in [0.717, 1.165) is 6.04 Å². The molecular weight excluding hydrogens is 258 g/mol. The van der Waals surface area contributed by atoms with Crippen LogP contribution in [-0.4, -0.2) is 60.6 Å². The van der Waals surface area contributed by atoms with Gasteiger partial charge in [0, 0.05) is 18.1 Å². The van der Waals surface area contributed by atoms with Crippen LogP contribution in [0.25, 0.3) is 0 Å². The molecule has 2 saturated heterocycles. The predicted octanol–water partition coefficient (Wildman–Crippen LogP) is 3.11. The van der Waals surface area contributed by atoms with Crippen LogP contribution in [0.15, 0.2) is 0 Å². The van der Waals surface area contributed by atoms with Gasteiger partial charge in [-0.25, -0.2) is 0 Å². The van der Waals surface area contributed by atoms with Crippen LogP contribution in [0.1, 0.15) is 65.7 Å². The van der Waals surface area contributed by atoms with Gasteiger partial charge in [-0.05, 0) is 85.6 Å². The molecule has 0 aromatic heterocycles. The highest BCUT2D eigenvalue weighted by molar-refractivity contribution is 4.84. The van der Waals surface area contributed by atoms with E-state index in [2.05, 4.69) is 35.9 Å². The van der Waals surface area contributed by atoms with Crippen LogP contribution >= 0.6 is 0 Å². The van der Waals surface area contributed by atoms with Crippen molar-refractivity contribution >= 4 is 0 Å². The number of nitrogens with one attached hydrogen (secondary N) is 1. The van der Waals surface area contributed by atoms with Crippen molar-refractivity contribution in [1.82, 2.24) is 15.1 Å². The fourth-order valence-corrected chi connectivity index (χ4v) is 3.76. The highest BCUT2D eigenvalue weighted by atomic mass is 15.3. The molecule has 0 bridgehead atoms. The van der Waals surface area contributed by atoms with E-state index in [1.807, 2.05) is 0 Å². The van der Waals surface area contributed by atoms with E-state index in [-0.39, 0.29) is 5.54 Å². The van der Waals surface area contributed by atoms with Gasteiger partial charge in [-0.1, -0.05) is 12.8 Å². The van der Waals surface area contributed by atoms with Gasteiger partial charge in [-0.3, -0.25) is 4.90 Å². The van der Waals surface area contributed by atoms with Gasteiger partial charge in [0.15, 0.2) is 0 Å². The monoisotopic (exact) mass is 295 g/mol. The van der Waals surface area contributed by atoms with E-state index < -0.39 is 0 Å². The second-order valence-corrected chi connectivity index (χ2v) is 8.08. The molecule has 0 saturated carbocycles. The number of hydrogen-bond donors (Lipinski definition) is 1. The third kappa shape index (κ3) is 6.66. The Labute approximate surface area is 132 Å². The van der Waals surface area contributed by atoms with E-state index in [1.165, 1.54) is 84.2 Å². The molecule has 3 heteroatoms. The van der Waals surface area contributed by atoms with Gasteiger partial charge in [-0.15, -0.1) is 0 Å². The Kier molecular flexibility index (Phi) is 6.97. The molecule has 2 fully saturated rings. The molecule has 0 amide bonds. The maximum atomic E-state index is 3.58. The summed E-state index contributed by atoms with van der Waals surface area (Å²) in [6, 6.07) is 0.878. The molecule has 21 heavy (non-hydrogen) atoms. The summed E-state index contributed by atoms with van der Waals surface area (Å²) in [4.78, 5) is 5.47. The molecule has 2 heterocycles. The molecule has 1 atom stereocenters. The summed E-state index contributed by atoms with van der Waals surface area (Å²) in [7, 11) is 0. The second-order valence-electron chi connectivity index (χ2n) is 8.08. The highest BCUT2D eigenvalue weighted by Crippen LogP contribution is 2.21. The molecule has 124 valence electrons. The van der Waals surface area contributed by atoms with Crippen molar-refractivity contribution < 1.29 is 0 Å². The topological polar surface area (TPSA) is 18.5 Å². The van der Waals surface area contributed by atoms with Crippen LogP contribution < -0.4 is 5.32 Å². The standard InChI is InChI=1S/C18H37N3/c1-18(2,3)19-11-6-4-5-7-12-20-13-9-15-21-14-8-10-17(21)16-20/h17,19H,4-16H2,1-3H3. The lowest BCUT2D eigenvalue weighted by atomic mass is 10.1. The van der Waals surface area contributed by atoms with Crippen LogP contribution in [0.4, 0.5) is 0 Å². The first kappa shape index (κ1) is 17.2. The van der Waals surface area contributed by atoms with Gasteiger partial charge in [0.05, 0.1) is 0 Å². The van der Waals surface area contributed by atoms with Gasteiger partial charge < -0.3 is 10.2 Å². The maximum absolute atomic E-state index is 3.58. The van der Waals surface area contributed by atoms with Crippen LogP contribution in [-0.2, 0) is 0 Å². The van der Waals surface area contributed by atoms with Crippen molar-refractivity contribution in [3.05, 3.63) is 0 Å². The third-order valence-corrected chi connectivity index (χ3v) is 4.94. The molecule has 1 N–H and O–H groups in total. The lowest BCUT2D eigenvalue weighted by Crippen LogP contribution is -2.37. The zero-order valence-electron chi connectivity index (χ0n) is 14.7. The summed E-state index contributed by atoms with van der Waals surface area (Å²) in [5.74, 6) is 0. The number of rotatable bonds is 7.